The predicted octanol–water partition coefficient (Wildman–Crippen LogP) is 5.49. The van der Waals surface area contributed by atoms with Crippen LogP contribution in [0.3, 0.4) is 0 Å². The lowest BCUT2D eigenvalue weighted by atomic mass is 10.0. The maximum Gasteiger partial charge on any atom is 0.416 e. The van der Waals surface area contributed by atoms with Crippen LogP contribution in [-0.2, 0) is 19.1 Å². The summed E-state index contributed by atoms with van der Waals surface area (Å²) in [5.41, 5.74) is 0.398. The normalized spacial score (nSPS) is 23.9. The van der Waals surface area contributed by atoms with Crippen molar-refractivity contribution in [3.05, 3.63) is 54.1 Å². The van der Waals surface area contributed by atoms with Crippen molar-refractivity contribution in [1.82, 2.24) is 9.55 Å². The molecule has 0 bridgehead atoms. The lowest BCUT2D eigenvalue weighted by Crippen LogP contribution is -2.22. The highest BCUT2D eigenvalue weighted by molar-refractivity contribution is 8.21. The molecule has 0 amide bonds. The molecule has 7 heteroatoms. The van der Waals surface area contributed by atoms with Crippen molar-refractivity contribution in [2.24, 2.45) is 0 Å². The molecule has 1 aliphatic heterocycles. The smallest absolute Gasteiger partial charge is 0.337 e. The van der Waals surface area contributed by atoms with Gasteiger partial charge >= 0.3 is 6.18 Å². The minimum Gasteiger partial charge on any atom is -0.337 e. The summed E-state index contributed by atoms with van der Waals surface area (Å²) in [5, 5.41) is 0.577. The fourth-order valence-corrected chi connectivity index (χ4v) is 6.88. The van der Waals surface area contributed by atoms with Crippen LogP contribution in [0.4, 0.5) is 13.2 Å². The minimum absolute atomic E-state index is 0.0553. The Kier molecular flexibility index (Phi) is 5.73. The third-order valence-corrected chi connectivity index (χ3v) is 8.03. The molecule has 0 radical (unpaired) electrons. The van der Waals surface area contributed by atoms with Gasteiger partial charge in [-0.05, 0) is 37.0 Å². The van der Waals surface area contributed by atoms with Gasteiger partial charge in [0.2, 0.25) is 0 Å². The van der Waals surface area contributed by atoms with Gasteiger partial charge in [0.15, 0.2) is 0 Å². The highest BCUT2D eigenvalue weighted by Gasteiger charge is 2.39. The lowest BCUT2D eigenvalue weighted by Gasteiger charge is -2.28. The van der Waals surface area contributed by atoms with E-state index in [1.807, 2.05) is 36.0 Å². The molecular formula is C18H21F3N2S2. The van der Waals surface area contributed by atoms with Crippen molar-refractivity contribution >= 4 is 23.5 Å². The third-order valence-electron chi connectivity index (χ3n) is 4.28. The zero-order valence-electron chi connectivity index (χ0n) is 14.0. The van der Waals surface area contributed by atoms with Crippen molar-refractivity contribution in [3.8, 4) is 0 Å². The summed E-state index contributed by atoms with van der Waals surface area (Å²) in [6.07, 6.45) is 4.15. The van der Waals surface area contributed by atoms with Crippen molar-refractivity contribution in [2.45, 2.75) is 48.2 Å². The van der Waals surface area contributed by atoms with Gasteiger partial charge in [0.1, 0.15) is 0 Å². The Balaban J connectivity index is 1.66. The molecule has 2 aromatic rings. The summed E-state index contributed by atoms with van der Waals surface area (Å²) in [4.78, 5) is 4.06. The van der Waals surface area contributed by atoms with Gasteiger partial charge in [0.25, 0.3) is 0 Å². The van der Waals surface area contributed by atoms with E-state index in [0.29, 0.717) is 5.25 Å². The van der Waals surface area contributed by atoms with Crippen molar-refractivity contribution in [2.75, 3.05) is 5.75 Å². The predicted molar refractivity (Wildman–Crippen MR) is 98.9 cm³/mol. The maximum absolute atomic E-state index is 12.7. The first kappa shape index (κ1) is 18.7. The molecule has 1 fully saturated rings. The number of imidazole rings is 1. The van der Waals surface area contributed by atoms with E-state index >= 15 is 0 Å². The Labute approximate surface area is 154 Å². The van der Waals surface area contributed by atoms with E-state index in [-0.39, 0.29) is 4.08 Å². The van der Waals surface area contributed by atoms with Crippen LogP contribution in [0, 0.1) is 0 Å². The lowest BCUT2D eigenvalue weighted by molar-refractivity contribution is -0.137. The van der Waals surface area contributed by atoms with Gasteiger partial charge in [-0.15, -0.1) is 23.5 Å². The van der Waals surface area contributed by atoms with E-state index < -0.39 is 11.7 Å². The van der Waals surface area contributed by atoms with Crippen LogP contribution >= 0.6 is 23.5 Å². The summed E-state index contributed by atoms with van der Waals surface area (Å²) in [6, 6.07) is 5.65. The highest BCUT2D eigenvalue weighted by Crippen LogP contribution is 2.52. The zero-order chi connectivity index (χ0) is 17.9. The molecular weight excluding hydrogens is 365 g/mol. The van der Waals surface area contributed by atoms with Gasteiger partial charge in [-0.1, -0.05) is 19.1 Å². The zero-order valence-corrected chi connectivity index (χ0v) is 15.6. The summed E-state index contributed by atoms with van der Waals surface area (Å²) >= 11 is 3.93. The molecule has 2 atom stereocenters. The second-order valence-corrected chi connectivity index (χ2v) is 9.91. The van der Waals surface area contributed by atoms with E-state index in [4.69, 9.17) is 0 Å². The number of aryl methyl sites for hydroxylation is 1. The topological polar surface area (TPSA) is 17.8 Å². The molecule has 3 rings (SSSR count). The van der Waals surface area contributed by atoms with Gasteiger partial charge in [-0.25, -0.2) is 4.98 Å². The molecule has 25 heavy (non-hydrogen) atoms. The minimum atomic E-state index is -4.27. The van der Waals surface area contributed by atoms with Crippen LogP contribution in [0.15, 0.2) is 43.0 Å². The molecule has 0 N–H and O–H groups in total. The fraction of sp³-hybridized carbons (Fsp3) is 0.500. The average molecular weight is 387 g/mol. The van der Waals surface area contributed by atoms with Gasteiger partial charge in [0.05, 0.1) is 16.0 Å². The standard InChI is InChI=1S/C18H21F3N2S2/c1-14-12-24-17(25-14,7-2-9-23-10-8-22-13-23)11-15-3-5-16(6-4-15)18(19,20)21/h3-6,8,10,13-14H,2,7,9,11-12H2,1H3. The number of hydrogen-bond donors (Lipinski definition) is 0. The fourth-order valence-electron chi connectivity index (χ4n) is 3.09. The first-order chi connectivity index (χ1) is 11.9. The Morgan fingerprint density at radius 3 is 2.60 bits per heavy atom. The Morgan fingerprint density at radius 1 is 1.28 bits per heavy atom. The molecule has 0 spiro atoms. The molecule has 2 nitrogen and oxygen atoms in total. The maximum atomic E-state index is 12.7. The summed E-state index contributed by atoms with van der Waals surface area (Å²) in [5.74, 6) is 1.09. The van der Waals surface area contributed by atoms with Crippen molar-refractivity contribution < 1.29 is 13.2 Å². The molecule has 1 aromatic carbocycles. The monoisotopic (exact) mass is 386 g/mol. The Hall–Kier alpha value is -1.08. The largest absolute Gasteiger partial charge is 0.416 e. The van der Waals surface area contributed by atoms with Crippen LogP contribution in [-0.4, -0.2) is 24.6 Å². The van der Waals surface area contributed by atoms with E-state index in [1.165, 1.54) is 12.1 Å². The van der Waals surface area contributed by atoms with E-state index in [9.17, 15) is 13.2 Å². The Bertz CT molecular complexity index is 671. The molecule has 136 valence electrons. The first-order valence-corrected chi connectivity index (χ1v) is 10.2. The number of benzene rings is 1. The molecule has 1 aliphatic rings. The van der Waals surface area contributed by atoms with Gasteiger partial charge in [-0.2, -0.15) is 13.2 Å². The Morgan fingerprint density at radius 2 is 2.04 bits per heavy atom. The van der Waals surface area contributed by atoms with Gasteiger partial charge in [-0.3, -0.25) is 0 Å². The number of aromatic nitrogens is 2. The number of thioether (sulfide) groups is 2. The van der Waals surface area contributed by atoms with Crippen LogP contribution in [0.2, 0.25) is 0 Å². The third kappa shape index (κ3) is 4.97. The summed E-state index contributed by atoms with van der Waals surface area (Å²) in [6.45, 7) is 3.15. The van der Waals surface area contributed by atoms with Crippen LogP contribution in [0.25, 0.3) is 0 Å². The quantitative estimate of drug-likeness (QED) is 0.654. The van der Waals surface area contributed by atoms with E-state index in [1.54, 1.807) is 18.3 Å². The highest BCUT2D eigenvalue weighted by atomic mass is 32.2. The van der Waals surface area contributed by atoms with Crippen molar-refractivity contribution in [3.63, 3.8) is 0 Å². The molecule has 0 aliphatic carbocycles. The van der Waals surface area contributed by atoms with Crippen LogP contribution < -0.4 is 0 Å². The molecule has 1 aromatic heterocycles. The number of rotatable bonds is 6. The van der Waals surface area contributed by atoms with Crippen molar-refractivity contribution in [1.29, 1.82) is 0 Å². The van der Waals surface area contributed by atoms with Gasteiger partial charge < -0.3 is 4.57 Å². The second kappa shape index (κ2) is 7.66. The summed E-state index contributed by atoms with van der Waals surface area (Å²) in [7, 11) is 0. The van der Waals surface area contributed by atoms with E-state index in [0.717, 1.165) is 37.1 Å². The number of alkyl halides is 3. The molecule has 0 saturated carbocycles. The summed E-state index contributed by atoms with van der Waals surface area (Å²) < 4.78 is 40.3. The number of halogens is 3. The second-order valence-electron chi connectivity index (χ2n) is 6.43. The number of hydrogen-bond acceptors (Lipinski definition) is 3. The molecule has 1 saturated heterocycles. The first-order valence-electron chi connectivity index (χ1n) is 8.30. The SMILES string of the molecule is CC1CSC(CCCn2ccnc2)(Cc2ccc(C(F)(F)F)cc2)S1. The van der Waals surface area contributed by atoms with Crippen LogP contribution in [0.5, 0.6) is 0 Å². The van der Waals surface area contributed by atoms with E-state index in [2.05, 4.69) is 16.5 Å². The average Bonchev–Trinajstić information content (AvgIpc) is 3.18. The van der Waals surface area contributed by atoms with Crippen LogP contribution in [0.1, 0.15) is 30.9 Å². The van der Waals surface area contributed by atoms with Gasteiger partial charge in [0, 0.05) is 29.9 Å². The molecule has 2 heterocycles. The molecule has 2 unspecified atom stereocenters. The number of nitrogens with zero attached hydrogens (tertiary/aromatic N) is 2.